The van der Waals surface area contributed by atoms with Crippen molar-refractivity contribution < 1.29 is 18.4 Å². The van der Waals surface area contributed by atoms with Crippen LogP contribution in [-0.2, 0) is 11.3 Å². The number of carbonyl (C=O) groups is 2. The molecule has 184 valence electrons. The number of benzene rings is 2. The van der Waals surface area contributed by atoms with Gasteiger partial charge in [-0.2, -0.15) is 0 Å². The van der Waals surface area contributed by atoms with Gasteiger partial charge >= 0.3 is 0 Å². The summed E-state index contributed by atoms with van der Waals surface area (Å²) >= 11 is 1.61. The van der Waals surface area contributed by atoms with Crippen LogP contribution >= 0.6 is 11.3 Å². The highest BCUT2D eigenvalue weighted by atomic mass is 32.1. The van der Waals surface area contributed by atoms with Crippen LogP contribution in [0.15, 0.2) is 53.9 Å². The van der Waals surface area contributed by atoms with Gasteiger partial charge in [-0.1, -0.05) is 50.2 Å². The second kappa shape index (κ2) is 11.0. The van der Waals surface area contributed by atoms with Gasteiger partial charge in [-0.3, -0.25) is 14.5 Å². The fraction of sp³-hybridized carbons (Fsp3) is 0.346. The zero-order valence-corrected chi connectivity index (χ0v) is 20.5. The Morgan fingerprint density at radius 2 is 1.66 bits per heavy atom. The van der Waals surface area contributed by atoms with Crippen LogP contribution < -0.4 is 5.32 Å². The molecule has 2 heterocycles. The smallest absolute Gasteiger partial charge is 0.257 e. The summed E-state index contributed by atoms with van der Waals surface area (Å²) in [6, 6.07) is 12.4. The Hall–Kier alpha value is -3.17. The van der Waals surface area contributed by atoms with E-state index >= 15 is 0 Å². The van der Waals surface area contributed by atoms with Crippen molar-refractivity contribution in [3.05, 3.63) is 76.8 Å². The zero-order chi connectivity index (χ0) is 24.9. The van der Waals surface area contributed by atoms with E-state index in [2.05, 4.69) is 15.6 Å². The molecule has 1 N–H and O–H groups in total. The molecule has 4 rings (SSSR count). The third-order valence-corrected chi connectivity index (χ3v) is 6.99. The van der Waals surface area contributed by atoms with Gasteiger partial charge in [-0.05, 0) is 18.1 Å². The molecule has 9 heteroatoms. The van der Waals surface area contributed by atoms with Gasteiger partial charge in [0, 0.05) is 43.7 Å². The summed E-state index contributed by atoms with van der Waals surface area (Å²) in [6.45, 7) is 6.63. The van der Waals surface area contributed by atoms with Gasteiger partial charge in [0.1, 0.15) is 28.2 Å². The van der Waals surface area contributed by atoms with E-state index < -0.39 is 29.1 Å². The first kappa shape index (κ1) is 24.9. The number of nitrogens with one attached hydrogen (secondary N) is 1. The van der Waals surface area contributed by atoms with E-state index in [1.165, 1.54) is 6.07 Å². The number of piperazine rings is 1. The molecular formula is C26H28F2N4O2S. The van der Waals surface area contributed by atoms with Gasteiger partial charge in [-0.25, -0.2) is 13.8 Å². The molecular weight excluding hydrogens is 470 g/mol. The van der Waals surface area contributed by atoms with E-state index in [1.54, 1.807) is 30.1 Å². The Balaban J connectivity index is 1.34. The van der Waals surface area contributed by atoms with Crippen LogP contribution in [0.4, 0.5) is 8.78 Å². The van der Waals surface area contributed by atoms with Crippen molar-refractivity contribution >= 4 is 23.2 Å². The molecule has 0 radical (unpaired) electrons. The molecule has 1 unspecified atom stereocenters. The van der Waals surface area contributed by atoms with Crippen LogP contribution in [-0.4, -0.2) is 58.8 Å². The number of halogens is 2. The van der Waals surface area contributed by atoms with Gasteiger partial charge < -0.3 is 10.2 Å². The highest BCUT2D eigenvalue weighted by Crippen LogP contribution is 2.24. The number of nitrogens with zero attached hydrogens (tertiary/aromatic N) is 3. The lowest BCUT2D eigenvalue weighted by molar-refractivity contribution is -0.136. The average Bonchev–Trinajstić information content (AvgIpc) is 3.31. The van der Waals surface area contributed by atoms with Crippen LogP contribution in [0, 0.1) is 17.6 Å². The number of amides is 2. The Morgan fingerprint density at radius 3 is 2.29 bits per heavy atom. The number of aromatic nitrogens is 1. The molecule has 1 fully saturated rings. The van der Waals surface area contributed by atoms with Gasteiger partial charge in [0.2, 0.25) is 5.91 Å². The maximum absolute atomic E-state index is 14.0. The van der Waals surface area contributed by atoms with Gasteiger partial charge in [-0.15, -0.1) is 11.3 Å². The minimum atomic E-state index is -0.955. The normalized spacial score (nSPS) is 15.3. The maximum atomic E-state index is 14.0. The molecule has 0 saturated carbocycles. The van der Waals surface area contributed by atoms with Crippen LogP contribution in [0.2, 0.25) is 0 Å². The van der Waals surface area contributed by atoms with Crippen molar-refractivity contribution in [1.82, 2.24) is 20.1 Å². The molecule has 2 aromatic carbocycles. The van der Waals surface area contributed by atoms with E-state index in [0.29, 0.717) is 32.7 Å². The summed E-state index contributed by atoms with van der Waals surface area (Å²) in [5.41, 5.74) is 1.41. The van der Waals surface area contributed by atoms with Gasteiger partial charge in [0.15, 0.2) is 0 Å². The monoisotopic (exact) mass is 498 g/mol. The largest absolute Gasteiger partial charge is 0.340 e. The molecule has 1 atom stereocenters. The second-order valence-electron chi connectivity index (χ2n) is 8.90. The molecule has 35 heavy (non-hydrogen) atoms. The first-order valence-electron chi connectivity index (χ1n) is 11.6. The Bertz CT molecular complexity index is 1160. The number of thiazole rings is 1. The SMILES string of the molecule is CC(C)C(NC(=O)c1c(F)cccc1F)C(=O)N1CCN(Cc2csc(-c3ccccc3)n2)CC1. The highest BCUT2D eigenvalue weighted by Gasteiger charge is 2.32. The number of rotatable bonds is 7. The predicted octanol–water partition coefficient (Wildman–Crippen LogP) is 4.19. The summed E-state index contributed by atoms with van der Waals surface area (Å²) in [7, 11) is 0. The Labute approximate surface area is 207 Å². The number of hydrogen-bond acceptors (Lipinski definition) is 5. The van der Waals surface area contributed by atoms with E-state index in [1.807, 2.05) is 30.3 Å². The van der Waals surface area contributed by atoms with Crippen molar-refractivity contribution in [1.29, 1.82) is 0 Å². The third-order valence-electron chi connectivity index (χ3n) is 6.05. The van der Waals surface area contributed by atoms with Crippen molar-refractivity contribution in [2.45, 2.75) is 26.4 Å². The highest BCUT2D eigenvalue weighted by molar-refractivity contribution is 7.13. The quantitative estimate of drug-likeness (QED) is 0.531. The number of hydrogen-bond donors (Lipinski definition) is 1. The molecule has 0 spiro atoms. The molecule has 1 saturated heterocycles. The van der Waals surface area contributed by atoms with E-state index in [9.17, 15) is 18.4 Å². The van der Waals surface area contributed by atoms with Crippen molar-refractivity contribution in [2.24, 2.45) is 5.92 Å². The van der Waals surface area contributed by atoms with Crippen LogP contribution in [0.1, 0.15) is 29.9 Å². The van der Waals surface area contributed by atoms with Crippen LogP contribution in [0.3, 0.4) is 0 Å². The first-order valence-corrected chi connectivity index (χ1v) is 12.5. The summed E-state index contributed by atoms with van der Waals surface area (Å²) in [4.78, 5) is 34.5. The molecule has 0 aliphatic carbocycles. The van der Waals surface area contributed by atoms with Crippen molar-refractivity contribution in [2.75, 3.05) is 26.2 Å². The average molecular weight is 499 g/mol. The van der Waals surface area contributed by atoms with E-state index in [0.717, 1.165) is 28.4 Å². The summed E-state index contributed by atoms with van der Waals surface area (Å²) in [5, 5.41) is 5.59. The molecule has 1 aromatic heterocycles. The molecule has 2 amide bonds. The predicted molar refractivity (Wildman–Crippen MR) is 132 cm³/mol. The fourth-order valence-electron chi connectivity index (χ4n) is 4.09. The summed E-state index contributed by atoms with van der Waals surface area (Å²) in [6.07, 6.45) is 0. The van der Waals surface area contributed by atoms with E-state index in [-0.39, 0.29) is 11.8 Å². The fourth-order valence-corrected chi connectivity index (χ4v) is 4.90. The van der Waals surface area contributed by atoms with Gasteiger partial charge in [0.05, 0.1) is 5.69 Å². The Kier molecular flexibility index (Phi) is 7.87. The molecule has 1 aliphatic rings. The topological polar surface area (TPSA) is 65.5 Å². The summed E-state index contributed by atoms with van der Waals surface area (Å²) in [5.74, 6) is -3.33. The van der Waals surface area contributed by atoms with E-state index in [4.69, 9.17) is 4.98 Å². The van der Waals surface area contributed by atoms with Crippen LogP contribution in [0.5, 0.6) is 0 Å². The Morgan fingerprint density at radius 1 is 1.00 bits per heavy atom. The van der Waals surface area contributed by atoms with Crippen molar-refractivity contribution in [3.63, 3.8) is 0 Å². The minimum Gasteiger partial charge on any atom is -0.340 e. The standard InChI is InChI=1S/C26H28F2N4O2S/c1-17(2)23(30-24(33)22-20(27)9-6-10-21(22)28)26(34)32-13-11-31(12-14-32)15-19-16-35-25(29-19)18-7-4-3-5-8-18/h3-10,16-17,23H,11-15H2,1-2H3,(H,30,33). The maximum Gasteiger partial charge on any atom is 0.257 e. The lowest BCUT2D eigenvalue weighted by Gasteiger charge is -2.37. The van der Waals surface area contributed by atoms with Crippen LogP contribution in [0.25, 0.3) is 10.6 Å². The lowest BCUT2D eigenvalue weighted by atomic mass is 10.0. The zero-order valence-electron chi connectivity index (χ0n) is 19.7. The lowest BCUT2D eigenvalue weighted by Crippen LogP contribution is -2.56. The molecule has 6 nitrogen and oxygen atoms in total. The summed E-state index contributed by atoms with van der Waals surface area (Å²) < 4.78 is 28.0. The number of carbonyl (C=O) groups excluding carboxylic acids is 2. The third kappa shape index (κ3) is 5.91. The first-order chi connectivity index (χ1) is 16.8. The molecule has 1 aliphatic heterocycles. The minimum absolute atomic E-state index is 0.245. The second-order valence-corrected chi connectivity index (χ2v) is 9.76. The van der Waals surface area contributed by atoms with Crippen molar-refractivity contribution in [3.8, 4) is 10.6 Å². The molecule has 3 aromatic rings. The van der Waals surface area contributed by atoms with Gasteiger partial charge in [0.25, 0.3) is 5.91 Å². The molecule has 0 bridgehead atoms.